The molecule has 0 heterocycles. The van der Waals surface area contributed by atoms with Gasteiger partial charge in [0.25, 0.3) is 0 Å². The van der Waals surface area contributed by atoms with E-state index in [0.29, 0.717) is 24.0 Å². The number of hydrogen-bond donors (Lipinski definition) is 2. The van der Waals surface area contributed by atoms with Gasteiger partial charge in [0.1, 0.15) is 12.1 Å². The molecular weight excluding hydrogens is 526 g/mol. The molecule has 3 unspecified atom stereocenters. The van der Waals surface area contributed by atoms with Crippen LogP contribution in [0.1, 0.15) is 101 Å². The fourth-order valence-corrected chi connectivity index (χ4v) is 4.48. The summed E-state index contributed by atoms with van der Waals surface area (Å²) in [6.45, 7) is 7.47. The molecule has 9 nitrogen and oxygen atoms in total. The number of rotatable bonds is 17. The first-order valence-electron chi connectivity index (χ1n) is 14.4. The third kappa shape index (κ3) is 10.6. The summed E-state index contributed by atoms with van der Waals surface area (Å²) in [4.78, 5) is 49.8. The van der Waals surface area contributed by atoms with E-state index in [1.807, 2.05) is 13.8 Å². The van der Waals surface area contributed by atoms with Crippen molar-refractivity contribution in [1.82, 2.24) is 0 Å². The van der Waals surface area contributed by atoms with Crippen LogP contribution in [0.3, 0.4) is 0 Å². The third-order valence-electron chi connectivity index (χ3n) is 7.05. The molecule has 0 aliphatic heterocycles. The van der Waals surface area contributed by atoms with E-state index >= 15 is 0 Å². The Morgan fingerprint density at radius 3 is 1.90 bits per heavy atom. The van der Waals surface area contributed by atoms with Crippen LogP contribution < -0.4 is 15.2 Å². The van der Waals surface area contributed by atoms with E-state index in [-0.39, 0.29) is 24.3 Å². The number of carbonyl (C=O) groups excluding carboxylic acids is 3. The highest BCUT2D eigenvalue weighted by Crippen LogP contribution is 2.37. The molecule has 224 valence electrons. The maximum Gasteiger partial charge on any atom is 0.338 e. The fraction of sp³-hybridized carbons (Fsp3) is 0.500. The van der Waals surface area contributed by atoms with Gasteiger partial charge < -0.3 is 25.1 Å². The molecule has 2 aromatic rings. The molecule has 0 radical (unpaired) electrons. The third-order valence-corrected chi connectivity index (χ3v) is 7.05. The number of hydrogen-bond acceptors (Lipinski definition) is 8. The van der Waals surface area contributed by atoms with Crippen molar-refractivity contribution in [2.45, 2.75) is 97.1 Å². The van der Waals surface area contributed by atoms with Gasteiger partial charge in [-0.1, -0.05) is 70.7 Å². The highest BCUT2D eigenvalue weighted by atomic mass is 16.6. The Kier molecular flexibility index (Phi) is 14.0. The SMILES string of the molecule is CCCCCC(=O)Oc1ccc(C(C(C)C(C)OC(=O)c2ccccc2)[C@H](N)C(=O)O)cc1OC(=O)CCCCC. The average Bonchev–Trinajstić information content (AvgIpc) is 2.95. The molecule has 9 heteroatoms. The topological polar surface area (TPSA) is 142 Å². The van der Waals surface area contributed by atoms with Gasteiger partial charge in [-0.15, -0.1) is 0 Å². The molecule has 0 bridgehead atoms. The minimum absolute atomic E-state index is 0.0107. The van der Waals surface area contributed by atoms with E-state index in [1.54, 1.807) is 50.2 Å². The molecule has 0 aromatic heterocycles. The Hall–Kier alpha value is -3.72. The maximum absolute atomic E-state index is 12.7. The number of carboxylic acid groups (broad SMARTS) is 1. The largest absolute Gasteiger partial charge is 0.480 e. The first-order valence-corrected chi connectivity index (χ1v) is 14.4. The molecule has 2 aromatic carbocycles. The maximum atomic E-state index is 12.7. The van der Waals surface area contributed by atoms with Gasteiger partial charge in [-0.25, -0.2) is 4.79 Å². The van der Waals surface area contributed by atoms with Crippen LogP contribution in [-0.2, 0) is 19.1 Å². The fourth-order valence-electron chi connectivity index (χ4n) is 4.48. The summed E-state index contributed by atoms with van der Waals surface area (Å²) in [5.74, 6) is -4.04. The number of ether oxygens (including phenoxy) is 3. The Labute approximate surface area is 242 Å². The average molecular weight is 570 g/mol. The Morgan fingerprint density at radius 2 is 1.37 bits per heavy atom. The Morgan fingerprint density at radius 1 is 0.805 bits per heavy atom. The molecule has 2 rings (SSSR count). The van der Waals surface area contributed by atoms with Crippen molar-refractivity contribution in [3.05, 3.63) is 59.7 Å². The standard InChI is InChI=1S/C32H43NO8/c1-5-7-10-16-27(34)40-25-19-18-24(20-26(25)41-28(35)17-11-8-6-2)29(30(33)31(36)37)21(3)22(4)39-32(38)23-14-12-9-13-15-23/h9,12-15,18-22,29-30H,5-8,10-11,16-17,33H2,1-4H3,(H,36,37)/t21?,22?,29?,30-/m0/s1. The minimum atomic E-state index is -1.36. The molecule has 0 saturated heterocycles. The van der Waals surface area contributed by atoms with Crippen LogP contribution in [-0.4, -0.2) is 41.1 Å². The summed E-state index contributed by atoms with van der Waals surface area (Å²) < 4.78 is 16.8. The lowest BCUT2D eigenvalue weighted by atomic mass is 9.79. The van der Waals surface area contributed by atoms with E-state index < -0.39 is 47.9 Å². The van der Waals surface area contributed by atoms with E-state index in [2.05, 4.69) is 0 Å². The number of esters is 3. The van der Waals surface area contributed by atoms with Crippen molar-refractivity contribution in [3.8, 4) is 11.5 Å². The van der Waals surface area contributed by atoms with Gasteiger partial charge in [-0.05, 0) is 49.6 Å². The lowest BCUT2D eigenvalue weighted by Gasteiger charge is -2.32. The van der Waals surface area contributed by atoms with Crippen LogP contribution >= 0.6 is 0 Å². The highest BCUT2D eigenvalue weighted by molar-refractivity contribution is 5.89. The van der Waals surface area contributed by atoms with Crippen molar-refractivity contribution in [2.24, 2.45) is 11.7 Å². The van der Waals surface area contributed by atoms with E-state index in [9.17, 15) is 24.3 Å². The molecule has 4 atom stereocenters. The van der Waals surface area contributed by atoms with E-state index in [0.717, 1.165) is 25.7 Å². The summed E-state index contributed by atoms with van der Waals surface area (Å²) in [6.07, 6.45) is 4.63. The first kappa shape index (κ1) is 33.5. The minimum Gasteiger partial charge on any atom is -0.480 e. The molecule has 0 aliphatic rings. The molecule has 3 N–H and O–H groups in total. The molecule has 0 amide bonds. The number of carboxylic acids is 1. The second-order valence-corrected chi connectivity index (χ2v) is 10.3. The van der Waals surface area contributed by atoms with Crippen LogP contribution in [0.15, 0.2) is 48.5 Å². The summed E-state index contributed by atoms with van der Waals surface area (Å²) in [6, 6.07) is 11.7. The van der Waals surface area contributed by atoms with Crippen molar-refractivity contribution >= 4 is 23.9 Å². The zero-order chi connectivity index (χ0) is 30.4. The molecular formula is C32H43NO8. The van der Waals surface area contributed by atoms with Gasteiger partial charge >= 0.3 is 23.9 Å². The molecule has 0 spiro atoms. The first-order chi connectivity index (χ1) is 19.6. The van der Waals surface area contributed by atoms with Gasteiger partial charge in [-0.3, -0.25) is 14.4 Å². The van der Waals surface area contributed by atoms with Crippen molar-refractivity contribution < 1.29 is 38.5 Å². The van der Waals surface area contributed by atoms with Crippen LogP contribution in [0.25, 0.3) is 0 Å². The lowest BCUT2D eigenvalue weighted by molar-refractivity contribution is -0.140. The zero-order valence-corrected chi connectivity index (χ0v) is 24.5. The van der Waals surface area contributed by atoms with Crippen LogP contribution in [0.2, 0.25) is 0 Å². The predicted molar refractivity (Wildman–Crippen MR) is 155 cm³/mol. The number of carbonyl (C=O) groups is 4. The Balaban J connectivity index is 2.39. The van der Waals surface area contributed by atoms with Crippen molar-refractivity contribution in [1.29, 1.82) is 0 Å². The highest BCUT2D eigenvalue weighted by Gasteiger charge is 2.36. The van der Waals surface area contributed by atoms with Gasteiger partial charge in [0.15, 0.2) is 11.5 Å². The number of aliphatic carboxylic acids is 1. The van der Waals surface area contributed by atoms with E-state index in [4.69, 9.17) is 19.9 Å². The number of unbranched alkanes of at least 4 members (excludes halogenated alkanes) is 4. The zero-order valence-electron chi connectivity index (χ0n) is 24.5. The van der Waals surface area contributed by atoms with Gasteiger partial charge in [-0.2, -0.15) is 0 Å². The monoisotopic (exact) mass is 569 g/mol. The van der Waals surface area contributed by atoms with Crippen molar-refractivity contribution in [3.63, 3.8) is 0 Å². The number of benzene rings is 2. The molecule has 41 heavy (non-hydrogen) atoms. The second-order valence-electron chi connectivity index (χ2n) is 10.3. The van der Waals surface area contributed by atoms with Gasteiger partial charge in [0, 0.05) is 24.7 Å². The normalized spacial score (nSPS) is 13.9. The van der Waals surface area contributed by atoms with E-state index in [1.165, 1.54) is 12.1 Å². The lowest BCUT2D eigenvalue weighted by Crippen LogP contribution is -2.42. The smallest absolute Gasteiger partial charge is 0.338 e. The quantitative estimate of drug-likeness (QED) is 0.132. The summed E-state index contributed by atoms with van der Waals surface area (Å²) in [5.41, 5.74) is 6.97. The van der Waals surface area contributed by atoms with Crippen LogP contribution in [0.5, 0.6) is 11.5 Å². The molecule has 0 fully saturated rings. The van der Waals surface area contributed by atoms with Crippen molar-refractivity contribution in [2.75, 3.05) is 0 Å². The summed E-state index contributed by atoms with van der Waals surface area (Å²) in [7, 11) is 0. The summed E-state index contributed by atoms with van der Waals surface area (Å²) in [5, 5.41) is 9.83. The molecule has 0 saturated carbocycles. The van der Waals surface area contributed by atoms with Gasteiger partial charge in [0.2, 0.25) is 0 Å². The van der Waals surface area contributed by atoms with Crippen LogP contribution in [0.4, 0.5) is 0 Å². The number of nitrogens with two attached hydrogens (primary N) is 1. The van der Waals surface area contributed by atoms with Crippen LogP contribution in [0, 0.1) is 5.92 Å². The predicted octanol–water partition coefficient (Wildman–Crippen LogP) is 6.04. The second kappa shape index (κ2) is 17.2. The van der Waals surface area contributed by atoms with Gasteiger partial charge in [0.05, 0.1) is 5.56 Å². The molecule has 0 aliphatic carbocycles. The summed E-state index contributed by atoms with van der Waals surface area (Å²) >= 11 is 0. The Bertz CT molecular complexity index is 1150.